The fourth-order valence-electron chi connectivity index (χ4n) is 3.51. The predicted molar refractivity (Wildman–Crippen MR) is 102 cm³/mol. The van der Waals surface area contributed by atoms with Crippen LogP contribution in [0.15, 0.2) is 52.3 Å². The van der Waals surface area contributed by atoms with Gasteiger partial charge in [-0.3, -0.25) is 9.78 Å². The highest BCUT2D eigenvalue weighted by Crippen LogP contribution is 2.43. The molecular weight excluding hydrogens is 399 g/mol. The van der Waals surface area contributed by atoms with Crippen molar-refractivity contribution in [3.05, 3.63) is 74.7 Å². The molecule has 0 spiro atoms. The van der Waals surface area contributed by atoms with Crippen molar-refractivity contribution in [2.24, 2.45) is 0 Å². The molecule has 7 nitrogen and oxygen atoms in total. The highest BCUT2D eigenvalue weighted by Gasteiger charge is 2.34. The summed E-state index contributed by atoms with van der Waals surface area (Å²) >= 11 is 0. The number of aromatic amines is 2. The van der Waals surface area contributed by atoms with Crippen molar-refractivity contribution in [3.8, 4) is 22.5 Å². The summed E-state index contributed by atoms with van der Waals surface area (Å²) in [6.45, 7) is 0. The zero-order chi connectivity index (χ0) is 21.0. The summed E-state index contributed by atoms with van der Waals surface area (Å²) < 4.78 is 41.8. The van der Waals surface area contributed by atoms with Crippen molar-refractivity contribution in [2.45, 2.75) is 24.9 Å². The third-order valence-electron chi connectivity index (χ3n) is 5.07. The summed E-state index contributed by atoms with van der Waals surface area (Å²) in [4.78, 5) is 32.5. The number of fused-ring (bicyclic) bond motifs is 1. The minimum Gasteiger partial charge on any atom is -0.313 e. The van der Waals surface area contributed by atoms with E-state index in [0.29, 0.717) is 11.3 Å². The van der Waals surface area contributed by atoms with E-state index in [1.165, 1.54) is 35.1 Å². The number of halogens is 3. The second kappa shape index (κ2) is 6.41. The van der Waals surface area contributed by atoms with Crippen molar-refractivity contribution in [1.29, 1.82) is 0 Å². The molecule has 1 aliphatic carbocycles. The maximum absolute atomic E-state index is 13.5. The highest BCUT2D eigenvalue weighted by atomic mass is 19.4. The van der Waals surface area contributed by atoms with E-state index >= 15 is 0 Å². The molecule has 2 N–H and O–H groups in total. The maximum Gasteiger partial charge on any atom is 0.417 e. The van der Waals surface area contributed by atoms with E-state index in [-0.39, 0.29) is 22.7 Å². The molecule has 5 rings (SSSR count). The normalized spacial score (nSPS) is 14.4. The summed E-state index contributed by atoms with van der Waals surface area (Å²) in [5.74, 6) is 0.198. The molecule has 0 aliphatic heterocycles. The summed E-state index contributed by atoms with van der Waals surface area (Å²) in [5.41, 5.74) is -0.199. The van der Waals surface area contributed by atoms with Crippen LogP contribution < -0.4 is 11.2 Å². The number of hydrogen-bond donors (Lipinski definition) is 2. The molecule has 0 saturated heterocycles. The number of H-pyrrole nitrogens is 2. The Kier molecular flexibility index (Phi) is 3.92. The fraction of sp³-hybridized carbons (Fsp3) is 0.200. The van der Waals surface area contributed by atoms with Crippen LogP contribution in [0.2, 0.25) is 0 Å². The fourth-order valence-corrected chi connectivity index (χ4v) is 3.51. The van der Waals surface area contributed by atoms with Crippen LogP contribution in [0.25, 0.3) is 28.2 Å². The van der Waals surface area contributed by atoms with Crippen molar-refractivity contribution in [2.75, 3.05) is 0 Å². The summed E-state index contributed by atoms with van der Waals surface area (Å²) in [7, 11) is 0. The van der Waals surface area contributed by atoms with E-state index in [2.05, 4.69) is 20.1 Å². The van der Waals surface area contributed by atoms with Gasteiger partial charge in [-0.2, -0.15) is 18.3 Å². The third kappa shape index (κ3) is 3.10. The number of hydrogen-bond acceptors (Lipinski definition) is 4. The molecule has 0 atom stereocenters. The SMILES string of the molecule is O=c1[nH]cc(-c2cc(C3CC3)c3nc(-c4ccccc4C(F)(F)F)cn3n2)c(=O)[nH]1. The van der Waals surface area contributed by atoms with Gasteiger partial charge in [0.25, 0.3) is 5.56 Å². The van der Waals surface area contributed by atoms with Crippen molar-refractivity contribution >= 4 is 5.65 Å². The third-order valence-corrected chi connectivity index (χ3v) is 5.07. The van der Waals surface area contributed by atoms with E-state index in [9.17, 15) is 22.8 Å². The van der Waals surface area contributed by atoms with Crippen LogP contribution in [0.5, 0.6) is 0 Å². The first kappa shape index (κ1) is 18.3. The maximum atomic E-state index is 13.5. The van der Waals surface area contributed by atoms with Crippen LogP contribution in [-0.4, -0.2) is 24.6 Å². The van der Waals surface area contributed by atoms with Crippen molar-refractivity contribution in [1.82, 2.24) is 24.6 Å². The summed E-state index contributed by atoms with van der Waals surface area (Å²) in [6, 6.07) is 6.95. The molecule has 1 aliphatic rings. The van der Waals surface area contributed by atoms with E-state index in [4.69, 9.17) is 0 Å². The Morgan fingerprint density at radius 1 is 1.07 bits per heavy atom. The average Bonchev–Trinajstić information content (AvgIpc) is 3.45. The van der Waals surface area contributed by atoms with Gasteiger partial charge < -0.3 is 4.98 Å². The van der Waals surface area contributed by atoms with E-state index in [1.54, 1.807) is 6.07 Å². The van der Waals surface area contributed by atoms with Gasteiger partial charge >= 0.3 is 11.9 Å². The predicted octanol–water partition coefficient (Wildman–Crippen LogP) is 3.34. The molecule has 1 aromatic carbocycles. The van der Waals surface area contributed by atoms with Gasteiger partial charge in [-0.15, -0.1) is 0 Å². The van der Waals surface area contributed by atoms with Gasteiger partial charge in [0.2, 0.25) is 0 Å². The zero-order valence-electron chi connectivity index (χ0n) is 15.3. The Hall–Kier alpha value is -3.69. The van der Waals surface area contributed by atoms with Crippen LogP contribution in [0.4, 0.5) is 13.2 Å². The van der Waals surface area contributed by atoms with E-state index in [1.807, 2.05) is 0 Å². The molecule has 1 saturated carbocycles. The Labute approximate surface area is 166 Å². The van der Waals surface area contributed by atoms with Crippen LogP contribution >= 0.6 is 0 Å². The Bertz CT molecular complexity index is 1400. The number of nitrogens with one attached hydrogen (secondary N) is 2. The van der Waals surface area contributed by atoms with E-state index < -0.39 is 23.0 Å². The van der Waals surface area contributed by atoms with Crippen molar-refractivity contribution < 1.29 is 13.2 Å². The average molecular weight is 413 g/mol. The molecule has 0 unspecified atom stereocenters. The number of aromatic nitrogens is 5. The largest absolute Gasteiger partial charge is 0.417 e. The molecule has 0 amide bonds. The first-order chi connectivity index (χ1) is 14.3. The van der Waals surface area contributed by atoms with Crippen LogP contribution in [0, 0.1) is 0 Å². The quantitative estimate of drug-likeness (QED) is 0.539. The standard InChI is InChI=1S/C20H14F3N5O2/c21-20(22,23)14-4-2-1-3-11(14)16-9-28-17(25-16)12(10-5-6-10)7-15(27-28)13-8-24-19(30)26-18(13)29/h1-4,7-10H,5-6H2,(H2,24,26,29,30). The smallest absolute Gasteiger partial charge is 0.313 e. The van der Waals surface area contributed by atoms with Gasteiger partial charge in [-0.05, 0) is 30.9 Å². The lowest BCUT2D eigenvalue weighted by molar-refractivity contribution is -0.137. The Balaban J connectivity index is 1.73. The lowest BCUT2D eigenvalue weighted by atomic mass is 10.0. The second-order valence-corrected chi connectivity index (χ2v) is 7.18. The van der Waals surface area contributed by atoms with Gasteiger partial charge in [-0.25, -0.2) is 14.3 Å². The first-order valence-electron chi connectivity index (χ1n) is 9.20. The number of alkyl halides is 3. The zero-order valence-corrected chi connectivity index (χ0v) is 15.3. The van der Waals surface area contributed by atoms with Gasteiger partial charge in [0.05, 0.1) is 28.7 Å². The van der Waals surface area contributed by atoms with Crippen LogP contribution in [-0.2, 0) is 6.18 Å². The highest BCUT2D eigenvalue weighted by molar-refractivity contribution is 5.70. The monoisotopic (exact) mass is 413 g/mol. The summed E-state index contributed by atoms with van der Waals surface area (Å²) in [5, 5.41) is 4.38. The van der Waals surface area contributed by atoms with Gasteiger partial charge in [0.15, 0.2) is 5.65 Å². The molecular formula is C20H14F3N5O2. The molecule has 0 bridgehead atoms. The number of nitrogens with zero attached hydrogens (tertiary/aromatic N) is 3. The molecule has 0 radical (unpaired) electrons. The topological polar surface area (TPSA) is 95.9 Å². The second-order valence-electron chi connectivity index (χ2n) is 7.18. The Morgan fingerprint density at radius 2 is 1.83 bits per heavy atom. The van der Waals surface area contributed by atoms with Crippen LogP contribution in [0.1, 0.15) is 29.9 Å². The lowest BCUT2D eigenvalue weighted by Gasteiger charge is -2.10. The number of benzene rings is 1. The van der Waals surface area contributed by atoms with Crippen LogP contribution in [0.3, 0.4) is 0 Å². The Morgan fingerprint density at radius 3 is 2.53 bits per heavy atom. The van der Waals surface area contributed by atoms with Gasteiger partial charge in [0, 0.05) is 17.3 Å². The molecule has 10 heteroatoms. The molecule has 152 valence electrons. The number of imidazole rings is 1. The minimum atomic E-state index is -4.52. The van der Waals surface area contributed by atoms with Gasteiger partial charge in [-0.1, -0.05) is 18.2 Å². The first-order valence-corrected chi connectivity index (χ1v) is 9.20. The van der Waals surface area contributed by atoms with Gasteiger partial charge in [0.1, 0.15) is 0 Å². The van der Waals surface area contributed by atoms with E-state index in [0.717, 1.165) is 24.5 Å². The molecule has 30 heavy (non-hydrogen) atoms. The number of rotatable bonds is 3. The summed E-state index contributed by atoms with van der Waals surface area (Å²) in [6.07, 6.45) is 0.0102. The van der Waals surface area contributed by atoms with Crippen molar-refractivity contribution in [3.63, 3.8) is 0 Å². The molecule has 4 aromatic rings. The molecule has 3 heterocycles. The molecule has 1 fully saturated rings. The lowest BCUT2D eigenvalue weighted by Crippen LogP contribution is -2.23. The molecule has 3 aromatic heterocycles. The minimum absolute atomic E-state index is 0.0410.